The summed E-state index contributed by atoms with van der Waals surface area (Å²) in [5.41, 5.74) is 0. The van der Waals surface area contributed by atoms with E-state index in [2.05, 4.69) is 19.9 Å². The summed E-state index contributed by atoms with van der Waals surface area (Å²) >= 11 is 0. The maximum absolute atomic E-state index is 8.78. The lowest BCUT2D eigenvalue weighted by molar-refractivity contribution is 0.111. The SMILES string of the molecule is Cc1noc(CN2CCN(CCCO)CC2)n1. The summed E-state index contributed by atoms with van der Waals surface area (Å²) in [5.74, 6) is 1.40. The van der Waals surface area contributed by atoms with Crippen molar-refractivity contribution < 1.29 is 9.63 Å². The van der Waals surface area contributed by atoms with Crippen molar-refractivity contribution in [2.75, 3.05) is 39.3 Å². The van der Waals surface area contributed by atoms with Crippen molar-refractivity contribution >= 4 is 0 Å². The number of aliphatic hydroxyl groups excluding tert-OH is 1. The molecular weight excluding hydrogens is 220 g/mol. The molecule has 0 aromatic carbocycles. The number of piperazine rings is 1. The molecule has 1 aliphatic rings. The molecule has 96 valence electrons. The number of aromatic nitrogens is 2. The largest absolute Gasteiger partial charge is 0.396 e. The zero-order valence-corrected chi connectivity index (χ0v) is 10.3. The highest BCUT2D eigenvalue weighted by atomic mass is 16.5. The molecular formula is C11H20N4O2. The van der Waals surface area contributed by atoms with Crippen LogP contribution in [0, 0.1) is 6.92 Å². The van der Waals surface area contributed by atoms with Crippen LogP contribution in [0.4, 0.5) is 0 Å². The van der Waals surface area contributed by atoms with E-state index in [4.69, 9.17) is 9.63 Å². The zero-order chi connectivity index (χ0) is 12.1. The molecule has 0 aliphatic carbocycles. The number of hydrogen-bond acceptors (Lipinski definition) is 6. The Morgan fingerprint density at radius 2 is 1.94 bits per heavy atom. The molecule has 1 aliphatic heterocycles. The highest BCUT2D eigenvalue weighted by Gasteiger charge is 2.18. The first kappa shape index (κ1) is 12.5. The summed E-state index contributed by atoms with van der Waals surface area (Å²) in [5, 5.41) is 12.6. The van der Waals surface area contributed by atoms with Gasteiger partial charge in [0, 0.05) is 39.3 Å². The van der Waals surface area contributed by atoms with Crippen LogP contribution in [0.15, 0.2) is 4.52 Å². The topological polar surface area (TPSA) is 65.6 Å². The maximum atomic E-state index is 8.78. The molecule has 0 bridgehead atoms. The Morgan fingerprint density at radius 3 is 2.53 bits per heavy atom. The molecule has 0 radical (unpaired) electrons. The van der Waals surface area contributed by atoms with Crippen molar-refractivity contribution in [2.45, 2.75) is 19.9 Å². The number of hydrogen-bond donors (Lipinski definition) is 1. The quantitative estimate of drug-likeness (QED) is 0.774. The van der Waals surface area contributed by atoms with E-state index in [1.807, 2.05) is 6.92 Å². The Kier molecular flexibility index (Phi) is 4.47. The van der Waals surface area contributed by atoms with Crippen LogP contribution in [0.3, 0.4) is 0 Å². The molecule has 0 spiro atoms. The minimum Gasteiger partial charge on any atom is -0.396 e. The lowest BCUT2D eigenvalue weighted by atomic mass is 10.3. The van der Waals surface area contributed by atoms with E-state index in [0.29, 0.717) is 11.7 Å². The Labute approximate surface area is 101 Å². The highest BCUT2D eigenvalue weighted by molar-refractivity contribution is 4.84. The van der Waals surface area contributed by atoms with Gasteiger partial charge in [-0.1, -0.05) is 5.16 Å². The Balaban J connectivity index is 1.72. The molecule has 1 aromatic heterocycles. The summed E-state index contributed by atoms with van der Waals surface area (Å²) in [4.78, 5) is 8.91. The van der Waals surface area contributed by atoms with Gasteiger partial charge < -0.3 is 14.5 Å². The number of aryl methyl sites for hydroxylation is 1. The fourth-order valence-corrected chi connectivity index (χ4v) is 2.06. The molecule has 2 heterocycles. The van der Waals surface area contributed by atoms with Gasteiger partial charge in [-0.25, -0.2) is 0 Å². The first-order valence-electron chi connectivity index (χ1n) is 6.12. The third-order valence-electron chi connectivity index (χ3n) is 3.03. The van der Waals surface area contributed by atoms with Crippen molar-refractivity contribution in [3.63, 3.8) is 0 Å². The van der Waals surface area contributed by atoms with Crippen LogP contribution in [-0.4, -0.2) is 64.4 Å². The van der Waals surface area contributed by atoms with E-state index in [9.17, 15) is 0 Å². The van der Waals surface area contributed by atoms with Gasteiger partial charge in [-0.2, -0.15) is 4.98 Å². The molecule has 1 aromatic rings. The Hall–Kier alpha value is -0.980. The fraction of sp³-hybridized carbons (Fsp3) is 0.818. The lowest BCUT2D eigenvalue weighted by Gasteiger charge is -2.33. The number of aliphatic hydroxyl groups is 1. The van der Waals surface area contributed by atoms with E-state index >= 15 is 0 Å². The molecule has 6 nitrogen and oxygen atoms in total. The minimum absolute atomic E-state index is 0.279. The van der Waals surface area contributed by atoms with Crippen molar-refractivity contribution in [3.05, 3.63) is 11.7 Å². The van der Waals surface area contributed by atoms with Gasteiger partial charge in [0.2, 0.25) is 5.89 Å². The normalized spacial score (nSPS) is 18.7. The average molecular weight is 240 g/mol. The summed E-state index contributed by atoms with van der Waals surface area (Å²) in [6.07, 6.45) is 0.864. The van der Waals surface area contributed by atoms with Crippen LogP contribution >= 0.6 is 0 Å². The second-order valence-electron chi connectivity index (χ2n) is 4.43. The fourth-order valence-electron chi connectivity index (χ4n) is 2.06. The van der Waals surface area contributed by atoms with Gasteiger partial charge in [0.25, 0.3) is 0 Å². The highest BCUT2D eigenvalue weighted by Crippen LogP contribution is 2.07. The monoisotopic (exact) mass is 240 g/mol. The maximum Gasteiger partial charge on any atom is 0.240 e. The summed E-state index contributed by atoms with van der Waals surface area (Å²) in [6.45, 7) is 7.99. The molecule has 0 amide bonds. The van der Waals surface area contributed by atoms with E-state index in [-0.39, 0.29) is 6.61 Å². The van der Waals surface area contributed by atoms with Crippen LogP contribution in [0.5, 0.6) is 0 Å². The van der Waals surface area contributed by atoms with Gasteiger partial charge in [0.15, 0.2) is 5.82 Å². The molecule has 0 atom stereocenters. The van der Waals surface area contributed by atoms with Crippen molar-refractivity contribution in [2.24, 2.45) is 0 Å². The molecule has 0 saturated carbocycles. The molecule has 1 N–H and O–H groups in total. The van der Waals surface area contributed by atoms with Gasteiger partial charge in [-0.3, -0.25) is 4.90 Å². The first-order valence-corrected chi connectivity index (χ1v) is 6.12. The molecule has 1 saturated heterocycles. The van der Waals surface area contributed by atoms with Crippen LogP contribution in [0.25, 0.3) is 0 Å². The van der Waals surface area contributed by atoms with Gasteiger partial charge in [0.1, 0.15) is 0 Å². The smallest absolute Gasteiger partial charge is 0.240 e. The Morgan fingerprint density at radius 1 is 1.24 bits per heavy atom. The number of nitrogens with zero attached hydrogens (tertiary/aromatic N) is 4. The second-order valence-corrected chi connectivity index (χ2v) is 4.43. The third kappa shape index (κ3) is 3.76. The van der Waals surface area contributed by atoms with Crippen molar-refractivity contribution in [1.29, 1.82) is 0 Å². The van der Waals surface area contributed by atoms with Gasteiger partial charge in [0.05, 0.1) is 6.54 Å². The third-order valence-corrected chi connectivity index (χ3v) is 3.03. The summed E-state index contributed by atoms with van der Waals surface area (Å²) < 4.78 is 5.11. The minimum atomic E-state index is 0.279. The van der Waals surface area contributed by atoms with Gasteiger partial charge in [-0.15, -0.1) is 0 Å². The summed E-state index contributed by atoms with van der Waals surface area (Å²) in [7, 11) is 0. The lowest BCUT2D eigenvalue weighted by Crippen LogP contribution is -2.46. The van der Waals surface area contributed by atoms with E-state index in [0.717, 1.165) is 45.7 Å². The standard InChI is InChI=1S/C11H20N4O2/c1-10-12-11(17-13-10)9-15-6-4-14(5-7-15)3-2-8-16/h16H,2-9H2,1H3. The predicted molar refractivity (Wildman–Crippen MR) is 62.5 cm³/mol. The van der Waals surface area contributed by atoms with Crippen molar-refractivity contribution in [1.82, 2.24) is 19.9 Å². The Bertz CT molecular complexity index is 334. The van der Waals surface area contributed by atoms with Crippen molar-refractivity contribution in [3.8, 4) is 0 Å². The second kappa shape index (κ2) is 6.09. The predicted octanol–water partition coefficient (Wildman–Crippen LogP) is -0.122. The number of rotatable bonds is 5. The van der Waals surface area contributed by atoms with E-state index < -0.39 is 0 Å². The van der Waals surface area contributed by atoms with Gasteiger partial charge >= 0.3 is 0 Å². The molecule has 6 heteroatoms. The average Bonchev–Trinajstić information content (AvgIpc) is 2.74. The molecule has 17 heavy (non-hydrogen) atoms. The zero-order valence-electron chi connectivity index (χ0n) is 10.3. The van der Waals surface area contributed by atoms with Crippen LogP contribution < -0.4 is 0 Å². The molecule has 2 rings (SSSR count). The van der Waals surface area contributed by atoms with Gasteiger partial charge in [-0.05, 0) is 13.3 Å². The summed E-state index contributed by atoms with van der Waals surface area (Å²) in [6, 6.07) is 0. The molecule has 1 fully saturated rings. The van der Waals surface area contributed by atoms with Crippen LogP contribution in [0.1, 0.15) is 18.1 Å². The first-order chi connectivity index (χ1) is 8.28. The van der Waals surface area contributed by atoms with E-state index in [1.165, 1.54) is 0 Å². The molecule has 0 unspecified atom stereocenters. The van der Waals surface area contributed by atoms with Crippen LogP contribution in [0.2, 0.25) is 0 Å². The van der Waals surface area contributed by atoms with Crippen LogP contribution in [-0.2, 0) is 6.54 Å². The van der Waals surface area contributed by atoms with E-state index in [1.54, 1.807) is 0 Å².